The Kier molecular flexibility index (Phi) is 7.88. The molecule has 0 saturated heterocycles. The fourth-order valence-electron chi connectivity index (χ4n) is 3.13. The Morgan fingerprint density at radius 1 is 1.00 bits per heavy atom. The highest BCUT2D eigenvalue weighted by Crippen LogP contribution is 2.41. The van der Waals surface area contributed by atoms with Gasteiger partial charge in [-0.1, -0.05) is 35.4 Å². The Hall–Kier alpha value is -3.60. The van der Waals surface area contributed by atoms with Crippen molar-refractivity contribution in [3.8, 4) is 28.7 Å². The van der Waals surface area contributed by atoms with Gasteiger partial charge in [0.15, 0.2) is 21.3 Å². The van der Waals surface area contributed by atoms with Crippen molar-refractivity contribution >= 4 is 21.8 Å². The Labute approximate surface area is 191 Å². The van der Waals surface area contributed by atoms with Gasteiger partial charge in [-0.3, -0.25) is 10.1 Å². The van der Waals surface area contributed by atoms with E-state index in [9.17, 15) is 13.2 Å². The molecule has 0 aliphatic heterocycles. The molecule has 3 aromatic rings. The number of anilines is 1. The highest BCUT2D eigenvalue weighted by molar-refractivity contribution is 7.90. The Morgan fingerprint density at radius 2 is 1.67 bits per heavy atom. The first-order valence-corrected chi connectivity index (χ1v) is 11.9. The molecular formula is C22H25N3O7S. The quantitative estimate of drug-likeness (QED) is 0.444. The Balaban J connectivity index is 1.58. The lowest BCUT2D eigenvalue weighted by Crippen LogP contribution is -2.15. The molecule has 0 saturated carbocycles. The lowest BCUT2D eigenvalue weighted by molar-refractivity contribution is -0.116. The van der Waals surface area contributed by atoms with Gasteiger partial charge in [0.05, 0.1) is 32.8 Å². The van der Waals surface area contributed by atoms with Gasteiger partial charge in [0.25, 0.3) is 0 Å². The van der Waals surface area contributed by atoms with Crippen molar-refractivity contribution in [1.29, 1.82) is 0 Å². The van der Waals surface area contributed by atoms with Crippen LogP contribution in [0.1, 0.15) is 18.4 Å². The van der Waals surface area contributed by atoms with Gasteiger partial charge in [0, 0.05) is 12.0 Å². The molecule has 0 aliphatic rings. The van der Waals surface area contributed by atoms with E-state index in [4.69, 9.17) is 18.6 Å². The molecule has 0 bridgehead atoms. The number of aromatic nitrogens is 2. The number of hydrogen-bond acceptors (Lipinski definition) is 9. The molecule has 0 spiro atoms. The molecule has 10 nitrogen and oxygen atoms in total. The molecule has 33 heavy (non-hydrogen) atoms. The van der Waals surface area contributed by atoms with Crippen LogP contribution >= 0.6 is 0 Å². The molecule has 2 aromatic carbocycles. The topological polar surface area (TPSA) is 130 Å². The van der Waals surface area contributed by atoms with Crippen LogP contribution in [0.25, 0.3) is 11.5 Å². The second kappa shape index (κ2) is 10.8. The van der Waals surface area contributed by atoms with Crippen molar-refractivity contribution in [1.82, 2.24) is 10.2 Å². The minimum Gasteiger partial charge on any atom is -0.493 e. The summed E-state index contributed by atoms with van der Waals surface area (Å²) in [6.07, 6.45) is 0.171. The maximum atomic E-state index is 12.2. The number of rotatable bonds is 11. The van der Waals surface area contributed by atoms with Gasteiger partial charge in [-0.05, 0) is 24.1 Å². The average Bonchev–Trinajstić information content (AvgIpc) is 3.26. The molecule has 0 fully saturated rings. The average molecular weight is 476 g/mol. The fourth-order valence-corrected chi connectivity index (χ4v) is 4.56. The number of nitrogens with zero attached hydrogens (tertiary/aromatic N) is 2. The van der Waals surface area contributed by atoms with E-state index in [-0.39, 0.29) is 36.3 Å². The van der Waals surface area contributed by atoms with E-state index in [2.05, 4.69) is 15.5 Å². The summed E-state index contributed by atoms with van der Waals surface area (Å²) >= 11 is 0. The summed E-state index contributed by atoms with van der Waals surface area (Å²) in [6.45, 7) is 0. The number of sulfone groups is 1. The molecular weight excluding hydrogens is 450 g/mol. The number of benzene rings is 2. The number of amides is 1. The van der Waals surface area contributed by atoms with Crippen LogP contribution < -0.4 is 19.5 Å². The minimum absolute atomic E-state index is 0.00405. The molecule has 1 aromatic heterocycles. The van der Waals surface area contributed by atoms with E-state index in [1.54, 1.807) is 36.4 Å². The third-order valence-corrected chi connectivity index (χ3v) is 6.36. The zero-order chi connectivity index (χ0) is 23.8. The van der Waals surface area contributed by atoms with Gasteiger partial charge in [-0.2, -0.15) is 0 Å². The van der Waals surface area contributed by atoms with Crippen molar-refractivity contribution in [3.63, 3.8) is 0 Å². The second-order valence-corrected chi connectivity index (χ2v) is 9.24. The van der Waals surface area contributed by atoms with E-state index in [0.29, 0.717) is 28.4 Å². The normalized spacial score (nSPS) is 11.1. The van der Waals surface area contributed by atoms with Crippen LogP contribution in [0.4, 0.5) is 6.01 Å². The van der Waals surface area contributed by atoms with Crippen LogP contribution in [-0.2, 0) is 20.4 Å². The zero-order valence-electron chi connectivity index (χ0n) is 18.5. The summed E-state index contributed by atoms with van der Waals surface area (Å²) in [6, 6.07) is 12.1. The first-order chi connectivity index (χ1) is 15.8. The SMILES string of the molecule is COc1cc(-c2nnc(NC(=O)CCCS(=O)(=O)Cc3ccccc3)o2)cc(OC)c1OC. The first-order valence-electron chi connectivity index (χ1n) is 10.0. The number of nitrogens with one attached hydrogen (secondary N) is 1. The van der Waals surface area contributed by atoms with E-state index < -0.39 is 15.7 Å². The highest BCUT2D eigenvalue weighted by atomic mass is 32.2. The molecule has 3 rings (SSSR count). The summed E-state index contributed by atoms with van der Waals surface area (Å²) in [5.74, 6) is 0.784. The zero-order valence-corrected chi connectivity index (χ0v) is 19.3. The number of carbonyl (C=O) groups is 1. The Morgan fingerprint density at radius 3 is 2.27 bits per heavy atom. The molecule has 1 heterocycles. The summed E-state index contributed by atoms with van der Waals surface area (Å²) in [5.41, 5.74) is 1.22. The maximum Gasteiger partial charge on any atom is 0.322 e. The van der Waals surface area contributed by atoms with Crippen LogP contribution in [0.15, 0.2) is 46.9 Å². The highest BCUT2D eigenvalue weighted by Gasteiger charge is 2.19. The fraction of sp³-hybridized carbons (Fsp3) is 0.318. The van der Waals surface area contributed by atoms with Gasteiger partial charge in [-0.25, -0.2) is 8.42 Å². The third kappa shape index (κ3) is 6.45. The van der Waals surface area contributed by atoms with E-state index >= 15 is 0 Å². The number of ether oxygens (including phenoxy) is 3. The second-order valence-electron chi connectivity index (χ2n) is 7.06. The van der Waals surface area contributed by atoms with E-state index in [1.165, 1.54) is 21.3 Å². The van der Waals surface area contributed by atoms with Gasteiger partial charge < -0.3 is 18.6 Å². The van der Waals surface area contributed by atoms with Crippen LogP contribution in [0.5, 0.6) is 17.2 Å². The largest absolute Gasteiger partial charge is 0.493 e. The number of carbonyl (C=O) groups excluding carboxylic acids is 1. The third-order valence-electron chi connectivity index (χ3n) is 4.67. The first kappa shape index (κ1) is 24.1. The summed E-state index contributed by atoms with van der Waals surface area (Å²) in [7, 11) is 1.15. The number of hydrogen-bond donors (Lipinski definition) is 1. The van der Waals surface area contributed by atoms with Crippen molar-refractivity contribution in [2.45, 2.75) is 18.6 Å². The molecule has 1 N–H and O–H groups in total. The maximum absolute atomic E-state index is 12.2. The van der Waals surface area contributed by atoms with Crippen LogP contribution in [-0.4, -0.2) is 51.6 Å². The van der Waals surface area contributed by atoms with Gasteiger partial charge in [0.1, 0.15) is 0 Å². The van der Waals surface area contributed by atoms with Crippen molar-refractivity contribution in [2.75, 3.05) is 32.4 Å². The van der Waals surface area contributed by atoms with Gasteiger partial charge >= 0.3 is 6.01 Å². The van der Waals surface area contributed by atoms with Crippen LogP contribution in [0.2, 0.25) is 0 Å². The summed E-state index contributed by atoms with van der Waals surface area (Å²) in [5, 5.41) is 10.2. The molecule has 0 aliphatic carbocycles. The molecule has 176 valence electrons. The summed E-state index contributed by atoms with van der Waals surface area (Å²) < 4.78 is 45.9. The lowest BCUT2D eigenvalue weighted by Gasteiger charge is -2.12. The standard InChI is InChI=1S/C22H25N3O7S/c1-29-17-12-16(13-18(30-2)20(17)31-3)21-24-25-22(32-21)23-19(26)10-7-11-33(27,28)14-15-8-5-4-6-9-15/h4-6,8-9,12-13H,7,10-11,14H2,1-3H3,(H,23,25,26). The van der Waals surface area contributed by atoms with E-state index in [0.717, 1.165) is 0 Å². The van der Waals surface area contributed by atoms with Crippen molar-refractivity contribution in [2.24, 2.45) is 0 Å². The monoisotopic (exact) mass is 475 g/mol. The van der Waals surface area contributed by atoms with Crippen LogP contribution in [0, 0.1) is 0 Å². The van der Waals surface area contributed by atoms with Gasteiger partial charge in [-0.15, -0.1) is 5.10 Å². The smallest absolute Gasteiger partial charge is 0.322 e. The predicted molar refractivity (Wildman–Crippen MR) is 121 cm³/mol. The van der Waals surface area contributed by atoms with Crippen molar-refractivity contribution in [3.05, 3.63) is 48.0 Å². The van der Waals surface area contributed by atoms with E-state index in [1.807, 2.05) is 6.07 Å². The number of methoxy groups -OCH3 is 3. The lowest BCUT2D eigenvalue weighted by atomic mass is 10.2. The predicted octanol–water partition coefficient (Wildman–Crippen LogP) is 3.10. The molecule has 0 atom stereocenters. The molecule has 11 heteroatoms. The Bertz CT molecular complexity index is 1170. The summed E-state index contributed by atoms with van der Waals surface area (Å²) in [4.78, 5) is 12.2. The van der Waals surface area contributed by atoms with Crippen molar-refractivity contribution < 1.29 is 31.8 Å². The molecule has 1 amide bonds. The molecule has 0 radical (unpaired) electrons. The van der Waals surface area contributed by atoms with Gasteiger partial charge in [0.2, 0.25) is 17.5 Å². The molecule has 0 unspecified atom stereocenters. The van der Waals surface area contributed by atoms with Crippen LogP contribution in [0.3, 0.4) is 0 Å². The minimum atomic E-state index is -3.32.